The second kappa shape index (κ2) is 10.8. The lowest BCUT2D eigenvalue weighted by Crippen LogP contribution is -2.25. The fourth-order valence-electron chi connectivity index (χ4n) is 2.40. The Balaban J connectivity index is 2.44. The highest BCUT2D eigenvalue weighted by Crippen LogP contribution is 2.49. The molecule has 0 aliphatic rings. The summed E-state index contributed by atoms with van der Waals surface area (Å²) < 4.78 is 32.6. The van der Waals surface area contributed by atoms with Gasteiger partial charge in [-0.2, -0.15) is 0 Å². The van der Waals surface area contributed by atoms with Crippen molar-refractivity contribution in [3.8, 4) is 5.75 Å². The molecule has 0 N–H and O–H groups in total. The zero-order valence-electron chi connectivity index (χ0n) is 17.3. The monoisotopic (exact) mass is 433 g/mol. The number of carbonyl (C=O) groups is 2. The maximum absolute atomic E-state index is 13.0. The Kier molecular flexibility index (Phi) is 8.47. The van der Waals surface area contributed by atoms with Crippen molar-refractivity contribution in [1.82, 2.24) is 0 Å². The van der Waals surface area contributed by atoms with Gasteiger partial charge in [0, 0.05) is 11.1 Å². The highest BCUT2D eigenvalue weighted by atomic mass is 31.2. The maximum Gasteiger partial charge on any atom is 0.550 e. The molecule has 0 aliphatic carbocycles. The van der Waals surface area contributed by atoms with Crippen LogP contribution in [0, 0.1) is 6.92 Å². The predicted molar refractivity (Wildman–Crippen MR) is 112 cm³/mol. The van der Waals surface area contributed by atoms with Crippen molar-refractivity contribution >= 4 is 25.1 Å². The minimum absolute atomic E-state index is 0.0282. The van der Waals surface area contributed by atoms with E-state index in [1.807, 2.05) is 6.92 Å². The molecule has 0 unspecified atom stereocenters. The lowest BCUT2D eigenvalue weighted by molar-refractivity contribution is 0.0999. The van der Waals surface area contributed by atoms with Gasteiger partial charge in [0.15, 0.2) is 5.71 Å². The molecule has 0 bridgehead atoms. The van der Waals surface area contributed by atoms with Crippen molar-refractivity contribution in [3.63, 3.8) is 0 Å². The van der Waals surface area contributed by atoms with Crippen LogP contribution in [0.5, 0.6) is 5.75 Å². The molecule has 0 amide bonds. The van der Waals surface area contributed by atoms with E-state index in [4.69, 9.17) is 18.4 Å². The highest BCUT2D eigenvalue weighted by Gasteiger charge is 2.30. The summed E-state index contributed by atoms with van der Waals surface area (Å²) in [7, 11) is -2.57. The van der Waals surface area contributed by atoms with E-state index in [-0.39, 0.29) is 24.3 Å². The van der Waals surface area contributed by atoms with Crippen LogP contribution >= 0.6 is 7.82 Å². The van der Waals surface area contributed by atoms with Gasteiger partial charge < -0.3 is 4.74 Å². The number of phosphoric acid groups is 1. The van der Waals surface area contributed by atoms with Gasteiger partial charge >= 0.3 is 7.82 Å². The first kappa shape index (κ1) is 23.5. The quantitative estimate of drug-likeness (QED) is 0.168. The molecule has 8 nitrogen and oxygen atoms in total. The molecule has 30 heavy (non-hydrogen) atoms. The molecule has 2 aromatic carbocycles. The van der Waals surface area contributed by atoms with E-state index >= 15 is 0 Å². The molecule has 0 aliphatic heterocycles. The molecule has 0 fully saturated rings. The topological polar surface area (TPSA) is 100 Å². The summed E-state index contributed by atoms with van der Waals surface area (Å²) in [4.78, 5) is 26.0. The number of ketones is 2. The first-order valence-corrected chi connectivity index (χ1v) is 10.8. The van der Waals surface area contributed by atoms with Gasteiger partial charge in [-0.15, -0.1) is 0 Å². The largest absolute Gasteiger partial charge is 0.550 e. The number of aryl methyl sites for hydroxylation is 1. The highest BCUT2D eigenvalue weighted by molar-refractivity contribution is 7.48. The molecule has 9 heteroatoms. The van der Waals surface area contributed by atoms with Crippen LogP contribution in [0.3, 0.4) is 0 Å². The van der Waals surface area contributed by atoms with E-state index in [9.17, 15) is 14.2 Å². The van der Waals surface area contributed by atoms with Crippen molar-refractivity contribution in [1.29, 1.82) is 0 Å². The van der Waals surface area contributed by atoms with Gasteiger partial charge in [0.05, 0.1) is 20.3 Å². The Labute approximate surface area is 175 Å². The zero-order valence-corrected chi connectivity index (χ0v) is 18.2. The molecular weight excluding hydrogens is 409 g/mol. The van der Waals surface area contributed by atoms with Crippen molar-refractivity contribution in [2.24, 2.45) is 5.16 Å². The fourth-order valence-corrected chi connectivity index (χ4v) is 3.38. The van der Waals surface area contributed by atoms with Crippen LogP contribution in [0.1, 0.15) is 40.1 Å². The van der Waals surface area contributed by atoms with E-state index in [0.717, 1.165) is 5.56 Å². The van der Waals surface area contributed by atoms with Crippen molar-refractivity contribution in [2.45, 2.75) is 20.8 Å². The molecule has 0 saturated heterocycles. The van der Waals surface area contributed by atoms with E-state index in [0.29, 0.717) is 5.75 Å². The summed E-state index contributed by atoms with van der Waals surface area (Å²) in [6, 6.07) is 12.7. The third kappa shape index (κ3) is 6.10. The van der Waals surface area contributed by atoms with Gasteiger partial charge in [-0.05, 0) is 45.0 Å². The van der Waals surface area contributed by atoms with Gasteiger partial charge in [0.2, 0.25) is 11.6 Å². The Hall–Kier alpha value is -2.80. The third-order valence-corrected chi connectivity index (χ3v) is 5.33. The van der Waals surface area contributed by atoms with Crippen LogP contribution in [-0.4, -0.2) is 37.6 Å². The third-order valence-electron chi connectivity index (χ3n) is 3.90. The maximum atomic E-state index is 13.0. The number of hydrogen-bond donors (Lipinski definition) is 0. The normalized spacial score (nSPS) is 11.8. The Bertz CT molecular complexity index is 942. The standard InChI is InChI=1S/C21H24NO7P/c1-5-27-30(25,28-6-2)29-22-19(20(23)16-9-7-15(3)8-10-16)21(24)17-11-13-18(26-4)14-12-17/h7-14H,5-6H2,1-4H3/b22-19-. The summed E-state index contributed by atoms with van der Waals surface area (Å²) in [5.41, 5.74) is 0.803. The minimum Gasteiger partial charge on any atom is -0.497 e. The Morgan fingerprint density at radius 2 is 1.33 bits per heavy atom. The predicted octanol–water partition coefficient (Wildman–Crippen LogP) is 4.62. The SMILES string of the molecule is CCOP(=O)(OCC)O/N=C(/C(=O)c1ccc(C)cc1)C(=O)c1ccc(OC)cc1. The van der Waals surface area contributed by atoms with Gasteiger partial charge in [-0.25, -0.2) is 4.57 Å². The minimum atomic E-state index is -4.07. The summed E-state index contributed by atoms with van der Waals surface area (Å²) in [6.07, 6.45) is 0. The second-order valence-corrected chi connectivity index (χ2v) is 7.63. The average molecular weight is 433 g/mol. The zero-order chi connectivity index (χ0) is 22.1. The fraction of sp³-hybridized carbons (Fsp3) is 0.286. The van der Waals surface area contributed by atoms with Crippen LogP contribution in [0.25, 0.3) is 0 Å². The number of rotatable bonds is 11. The first-order chi connectivity index (χ1) is 14.3. The molecule has 0 saturated carbocycles. The van der Waals surface area contributed by atoms with Crippen LogP contribution in [0.2, 0.25) is 0 Å². The van der Waals surface area contributed by atoms with Crippen molar-refractivity contribution in [2.75, 3.05) is 20.3 Å². The number of phosphoric ester groups is 1. The lowest BCUT2D eigenvalue weighted by Gasteiger charge is -2.14. The molecule has 0 spiro atoms. The molecule has 0 radical (unpaired) electrons. The van der Waals surface area contributed by atoms with E-state index in [1.54, 1.807) is 50.2 Å². The Morgan fingerprint density at radius 3 is 1.77 bits per heavy atom. The van der Waals surface area contributed by atoms with E-state index in [1.165, 1.54) is 19.2 Å². The number of Topliss-reactive ketones (excluding diaryl/α,β-unsaturated/α-hetero) is 2. The van der Waals surface area contributed by atoms with E-state index < -0.39 is 25.1 Å². The number of hydrogen-bond acceptors (Lipinski definition) is 8. The van der Waals surface area contributed by atoms with Crippen LogP contribution in [0.15, 0.2) is 53.7 Å². The molecule has 0 heterocycles. The molecule has 0 aromatic heterocycles. The first-order valence-electron chi connectivity index (χ1n) is 9.29. The number of methoxy groups -OCH3 is 1. The molecule has 0 atom stereocenters. The molecular formula is C21H24NO7P. The number of benzene rings is 2. The van der Waals surface area contributed by atoms with Gasteiger partial charge in [0.1, 0.15) is 5.75 Å². The van der Waals surface area contributed by atoms with Gasteiger partial charge in [-0.1, -0.05) is 35.0 Å². The number of carbonyl (C=O) groups excluding carboxylic acids is 2. The van der Waals surface area contributed by atoms with Gasteiger partial charge in [-0.3, -0.25) is 23.3 Å². The lowest BCUT2D eigenvalue weighted by atomic mass is 9.99. The number of ether oxygens (including phenoxy) is 1. The second-order valence-electron chi connectivity index (χ2n) is 6.06. The van der Waals surface area contributed by atoms with Crippen LogP contribution < -0.4 is 4.74 Å². The van der Waals surface area contributed by atoms with Crippen molar-refractivity contribution in [3.05, 3.63) is 65.2 Å². The summed E-state index contributed by atoms with van der Waals surface area (Å²) >= 11 is 0. The average Bonchev–Trinajstić information content (AvgIpc) is 2.74. The summed E-state index contributed by atoms with van der Waals surface area (Å²) in [5.74, 6) is -0.846. The summed E-state index contributed by atoms with van der Waals surface area (Å²) in [5, 5.41) is 3.62. The molecule has 2 rings (SSSR count). The Morgan fingerprint density at radius 1 is 0.867 bits per heavy atom. The summed E-state index contributed by atoms with van der Waals surface area (Å²) in [6.45, 7) is 5.12. The molecule has 2 aromatic rings. The van der Waals surface area contributed by atoms with E-state index in [2.05, 4.69) is 5.16 Å². The smallest absolute Gasteiger partial charge is 0.497 e. The van der Waals surface area contributed by atoms with Crippen molar-refractivity contribution < 1.29 is 32.6 Å². The molecule has 160 valence electrons. The number of oxime groups is 1. The van der Waals surface area contributed by atoms with Gasteiger partial charge in [0.25, 0.3) is 0 Å². The number of nitrogens with zero attached hydrogens (tertiary/aromatic N) is 1. The van der Waals surface area contributed by atoms with Crippen LogP contribution in [-0.2, 0) is 18.2 Å². The van der Waals surface area contributed by atoms with Crippen LogP contribution in [0.4, 0.5) is 0 Å².